The molecule has 0 fully saturated rings. The Labute approximate surface area is 139 Å². The molecule has 124 valence electrons. The molecule has 2 aromatic rings. The third-order valence-electron chi connectivity index (χ3n) is 3.31. The molecule has 3 nitrogen and oxygen atoms in total. The van der Waals surface area contributed by atoms with Crippen molar-refractivity contribution in [2.45, 2.75) is 33.7 Å². The van der Waals surface area contributed by atoms with E-state index in [0.717, 1.165) is 43.4 Å². The van der Waals surface area contributed by atoms with E-state index in [1.165, 1.54) is 5.56 Å². The summed E-state index contributed by atoms with van der Waals surface area (Å²) in [6.45, 7) is 8.68. The van der Waals surface area contributed by atoms with Crippen LogP contribution in [0.25, 0.3) is 0 Å². The van der Waals surface area contributed by atoms with Gasteiger partial charge in [0, 0.05) is 12.2 Å². The van der Waals surface area contributed by atoms with Gasteiger partial charge in [-0.1, -0.05) is 32.9 Å². The summed E-state index contributed by atoms with van der Waals surface area (Å²) in [6, 6.07) is 16.3. The summed E-state index contributed by atoms with van der Waals surface area (Å²) in [4.78, 5) is 0. The van der Waals surface area contributed by atoms with Gasteiger partial charge in [0.2, 0.25) is 0 Å². The fourth-order valence-corrected chi connectivity index (χ4v) is 2.10. The van der Waals surface area contributed by atoms with Crippen molar-refractivity contribution < 1.29 is 9.47 Å². The standard InChI is InChI=1S/C20H27NO2/c1-4-12-22-20-7-5-6-17(13-20)14-21-18-8-10-19(11-9-18)23-15-16(2)3/h5-11,13,16,21H,4,12,14-15H2,1-3H3. The highest BCUT2D eigenvalue weighted by Gasteiger charge is 2.00. The molecule has 0 radical (unpaired) electrons. The lowest BCUT2D eigenvalue weighted by atomic mass is 10.2. The van der Waals surface area contributed by atoms with Crippen LogP contribution in [0.15, 0.2) is 48.5 Å². The molecule has 0 aliphatic rings. The molecule has 0 unspecified atom stereocenters. The summed E-state index contributed by atoms with van der Waals surface area (Å²) in [7, 11) is 0. The van der Waals surface area contributed by atoms with Crippen LogP contribution in [0.5, 0.6) is 11.5 Å². The summed E-state index contributed by atoms with van der Waals surface area (Å²) in [5.41, 5.74) is 2.29. The van der Waals surface area contributed by atoms with Crippen LogP contribution in [0.4, 0.5) is 5.69 Å². The van der Waals surface area contributed by atoms with E-state index in [9.17, 15) is 0 Å². The minimum absolute atomic E-state index is 0.537. The second kappa shape index (κ2) is 9.09. The third-order valence-corrected chi connectivity index (χ3v) is 3.31. The SMILES string of the molecule is CCCOc1cccc(CNc2ccc(OCC(C)C)cc2)c1. The average Bonchev–Trinajstić information content (AvgIpc) is 2.57. The Morgan fingerprint density at radius 3 is 2.43 bits per heavy atom. The van der Waals surface area contributed by atoms with Crippen molar-refractivity contribution in [1.82, 2.24) is 0 Å². The molecular weight excluding hydrogens is 286 g/mol. The number of hydrogen-bond donors (Lipinski definition) is 1. The Bertz CT molecular complexity index is 578. The Balaban J connectivity index is 1.85. The lowest BCUT2D eigenvalue weighted by molar-refractivity contribution is 0.271. The lowest BCUT2D eigenvalue weighted by Crippen LogP contribution is -2.04. The van der Waals surface area contributed by atoms with Gasteiger partial charge in [0.15, 0.2) is 0 Å². The molecule has 2 rings (SSSR count). The Morgan fingerprint density at radius 2 is 1.74 bits per heavy atom. The second-order valence-corrected chi connectivity index (χ2v) is 6.08. The van der Waals surface area contributed by atoms with Gasteiger partial charge < -0.3 is 14.8 Å². The van der Waals surface area contributed by atoms with Crippen molar-refractivity contribution in [2.24, 2.45) is 5.92 Å². The van der Waals surface area contributed by atoms with E-state index < -0.39 is 0 Å². The second-order valence-electron chi connectivity index (χ2n) is 6.08. The van der Waals surface area contributed by atoms with Crippen molar-refractivity contribution in [3.8, 4) is 11.5 Å². The molecule has 3 heteroatoms. The quantitative estimate of drug-likeness (QED) is 0.697. The Hall–Kier alpha value is -2.16. The lowest BCUT2D eigenvalue weighted by Gasteiger charge is -2.11. The van der Waals surface area contributed by atoms with E-state index in [2.05, 4.69) is 38.2 Å². The molecule has 0 aromatic heterocycles. The molecule has 0 spiro atoms. The minimum Gasteiger partial charge on any atom is -0.494 e. The van der Waals surface area contributed by atoms with Crippen LogP contribution in [-0.4, -0.2) is 13.2 Å². The van der Waals surface area contributed by atoms with Gasteiger partial charge in [-0.25, -0.2) is 0 Å². The van der Waals surface area contributed by atoms with Crippen molar-refractivity contribution in [1.29, 1.82) is 0 Å². The van der Waals surface area contributed by atoms with Gasteiger partial charge in [-0.2, -0.15) is 0 Å². The number of anilines is 1. The summed E-state index contributed by atoms with van der Waals surface area (Å²) < 4.78 is 11.4. The summed E-state index contributed by atoms with van der Waals surface area (Å²) in [5.74, 6) is 2.39. The average molecular weight is 313 g/mol. The first-order chi connectivity index (χ1) is 11.2. The van der Waals surface area contributed by atoms with E-state index in [-0.39, 0.29) is 0 Å². The molecule has 0 heterocycles. The number of rotatable bonds is 9. The molecule has 23 heavy (non-hydrogen) atoms. The molecule has 1 N–H and O–H groups in total. The van der Waals surface area contributed by atoms with Crippen LogP contribution in [0, 0.1) is 5.92 Å². The van der Waals surface area contributed by atoms with Gasteiger partial charge in [0.25, 0.3) is 0 Å². The van der Waals surface area contributed by atoms with Gasteiger partial charge in [-0.3, -0.25) is 0 Å². The predicted octanol–water partition coefficient (Wildman–Crippen LogP) is 5.12. The predicted molar refractivity (Wildman–Crippen MR) is 96.3 cm³/mol. The van der Waals surface area contributed by atoms with Gasteiger partial charge in [0.1, 0.15) is 11.5 Å². The maximum absolute atomic E-state index is 5.69. The zero-order valence-corrected chi connectivity index (χ0v) is 14.3. The van der Waals surface area contributed by atoms with Crippen LogP contribution < -0.4 is 14.8 Å². The van der Waals surface area contributed by atoms with Crippen LogP contribution >= 0.6 is 0 Å². The van der Waals surface area contributed by atoms with Crippen molar-refractivity contribution in [3.05, 3.63) is 54.1 Å². The zero-order chi connectivity index (χ0) is 16.5. The molecule has 0 saturated carbocycles. The number of nitrogens with one attached hydrogen (secondary N) is 1. The van der Waals surface area contributed by atoms with E-state index >= 15 is 0 Å². The number of ether oxygens (including phenoxy) is 2. The van der Waals surface area contributed by atoms with Crippen LogP contribution in [0.1, 0.15) is 32.8 Å². The molecular formula is C20H27NO2. The third kappa shape index (κ3) is 6.23. The molecule has 0 amide bonds. The first kappa shape index (κ1) is 17.2. The van der Waals surface area contributed by atoms with Gasteiger partial charge >= 0.3 is 0 Å². The highest BCUT2D eigenvalue weighted by Crippen LogP contribution is 2.18. The van der Waals surface area contributed by atoms with Gasteiger partial charge in [0.05, 0.1) is 13.2 Å². The summed E-state index contributed by atoms with van der Waals surface area (Å²) in [5, 5.41) is 3.43. The van der Waals surface area contributed by atoms with Crippen LogP contribution in [-0.2, 0) is 6.54 Å². The normalized spacial score (nSPS) is 10.6. The van der Waals surface area contributed by atoms with Crippen LogP contribution in [0.3, 0.4) is 0 Å². The highest BCUT2D eigenvalue weighted by molar-refractivity contribution is 5.47. The van der Waals surface area contributed by atoms with Crippen molar-refractivity contribution >= 4 is 5.69 Å². The van der Waals surface area contributed by atoms with Gasteiger partial charge in [-0.05, 0) is 54.3 Å². The van der Waals surface area contributed by atoms with E-state index in [1.54, 1.807) is 0 Å². The first-order valence-corrected chi connectivity index (χ1v) is 8.36. The molecule has 0 bridgehead atoms. The number of benzene rings is 2. The van der Waals surface area contributed by atoms with Crippen molar-refractivity contribution in [3.63, 3.8) is 0 Å². The molecule has 2 aromatic carbocycles. The highest BCUT2D eigenvalue weighted by atomic mass is 16.5. The molecule has 0 aliphatic carbocycles. The molecule has 0 saturated heterocycles. The van der Waals surface area contributed by atoms with E-state index in [1.807, 2.05) is 36.4 Å². The molecule has 0 aliphatic heterocycles. The maximum Gasteiger partial charge on any atom is 0.119 e. The fraction of sp³-hybridized carbons (Fsp3) is 0.400. The summed E-state index contributed by atoms with van der Waals surface area (Å²) in [6.07, 6.45) is 1.02. The largest absolute Gasteiger partial charge is 0.494 e. The van der Waals surface area contributed by atoms with E-state index in [0.29, 0.717) is 5.92 Å². The Kier molecular flexibility index (Phi) is 6.79. The summed E-state index contributed by atoms with van der Waals surface area (Å²) >= 11 is 0. The van der Waals surface area contributed by atoms with Crippen LogP contribution in [0.2, 0.25) is 0 Å². The fourth-order valence-electron chi connectivity index (χ4n) is 2.10. The Morgan fingerprint density at radius 1 is 0.957 bits per heavy atom. The maximum atomic E-state index is 5.69. The minimum atomic E-state index is 0.537. The van der Waals surface area contributed by atoms with E-state index in [4.69, 9.17) is 9.47 Å². The first-order valence-electron chi connectivity index (χ1n) is 8.36. The monoisotopic (exact) mass is 313 g/mol. The van der Waals surface area contributed by atoms with Crippen molar-refractivity contribution in [2.75, 3.05) is 18.5 Å². The molecule has 0 atom stereocenters. The smallest absolute Gasteiger partial charge is 0.119 e. The topological polar surface area (TPSA) is 30.5 Å². The van der Waals surface area contributed by atoms with Gasteiger partial charge in [-0.15, -0.1) is 0 Å². The number of hydrogen-bond acceptors (Lipinski definition) is 3. The zero-order valence-electron chi connectivity index (χ0n) is 14.3.